The van der Waals surface area contributed by atoms with Gasteiger partial charge in [0.2, 0.25) is 5.91 Å². The van der Waals surface area contributed by atoms with E-state index in [-0.39, 0.29) is 36.0 Å². The van der Waals surface area contributed by atoms with Crippen LogP contribution in [0.25, 0.3) is 0 Å². The molecule has 0 spiro atoms. The summed E-state index contributed by atoms with van der Waals surface area (Å²) in [5, 5.41) is 5.44. The Morgan fingerprint density at radius 3 is 2.48 bits per heavy atom. The largest absolute Gasteiger partial charge is 0.394 e. The second kappa shape index (κ2) is 13.2. The van der Waals surface area contributed by atoms with Crippen molar-refractivity contribution in [2.45, 2.75) is 35.8 Å². The normalized spacial score (nSPS) is 20.2. The fourth-order valence-electron chi connectivity index (χ4n) is 5.14. The van der Waals surface area contributed by atoms with Crippen LogP contribution in [0.4, 0.5) is 17.6 Å². The maximum Gasteiger partial charge on any atom is 0.394 e. The van der Waals surface area contributed by atoms with E-state index < -0.39 is 47.9 Å². The average Bonchev–Trinajstić information content (AvgIpc) is 3.64. The Balaban J connectivity index is 1.41. The van der Waals surface area contributed by atoms with E-state index in [2.05, 4.69) is 10.1 Å². The summed E-state index contributed by atoms with van der Waals surface area (Å²) in [6, 6.07) is 7.30. The van der Waals surface area contributed by atoms with Gasteiger partial charge in [0, 0.05) is 49.8 Å². The van der Waals surface area contributed by atoms with E-state index in [4.69, 9.17) is 10.5 Å². The summed E-state index contributed by atoms with van der Waals surface area (Å²) in [5.74, 6) is -5.28. The van der Waals surface area contributed by atoms with Crippen molar-refractivity contribution in [2.24, 2.45) is 11.7 Å². The number of amides is 1. The van der Waals surface area contributed by atoms with E-state index in [0.29, 0.717) is 32.8 Å². The minimum atomic E-state index is -4.73. The van der Waals surface area contributed by atoms with Crippen LogP contribution in [0.15, 0.2) is 40.2 Å². The zero-order chi connectivity index (χ0) is 29.9. The fourth-order valence-corrected chi connectivity index (χ4v) is 6.64. The number of nitrogens with zero attached hydrogens (tertiary/aromatic N) is 5. The third-order valence-electron chi connectivity index (χ3n) is 7.49. The van der Waals surface area contributed by atoms with Crippen molar-refractivity contribution >= 4 is 34.9 Å². The lowest BCUT2D eigenvalue weighted by Crippen LogP contribution is -2.51. The molecule has 2 fully saturated rings. The van der Waals surface area contributed by atoms with Gasteiger partial charge in [0.1, 0.15) is 16.4 Å². The number of benzene rings is 1. The predicted octanol–water partition coefficient (Wildman–Crippen LogP) is 3.74. The number of ether oxygens (including phenoxy) is 1. The number of carbonyl (C=O) groups is 2. The molecule has 2 aliphatic heterocycles. The topological polar surface area (TPSA) is 107 Å². The molecule has 2 atom stereocenters. The lowest BCUT2D eigenvalue weighted by atomic mass is 9.82. The Morgan fingerprint density at radius 2 is 1.83 bits per heavy atom. The van der Waals surface area contributed by atoms with Gasteiger partial charge in [0.05, 0.1) is 31.2 Å². The molecule has 1 aromatic carbocycles. The van der Waals surface area contributed by atoms with Crippen LogP contribution in [-0.2, 0) is 21.8 Å². The first-order valence-electron chi connectivity index (χ1n) is 13.4. The summed E-state index contributed by atoms with van der Waals surface area (Å²) in [7, 11) is 0. The fraction of sp³-hybridized carbons (Fsp3) is 0.481. The number of alkyl halides is 3. The van der Waals surface area contributed by atoms with Gasteiger partial charge in [0.25, 0.3) is 5.91 Å². The summed E-state index contributed by atoms with van der Waals surface area (Å²) in [4.78, 5) is 33.2. The van der Waals surface area contributed by atoms with Crippen LogP contribution in [0.3, 0.4) is 0 Å². The van der Waals surface area contributed by atoms with E-state index in [1.807, 2.05) is 29.2 Å². The maximum atomic E-state index is 16.1. The van der Waals surface area contributed by atoms with Crippen molar-refractivity contribution in [3.63, 3.8) is 0 Å². The smallest absolute Gasteiger partial charge is 0.379 e. The molecule has 2 aromatic heterocycles. The molecular formula is C27H30F4N6O3S2. The van der Waals surface area contributed by atoms with E-state index in [1.165, 1.54) is 15.8 Å². The molecule has 4 heterocycles. The van der Waals surface area contributed by atoms with Crippen molar-refractivity contribution in [2.75, 3.05) is 45.9 Å². The molecule has 5 rings (SSSR count). The third-order valence-corrected chi connectivity index (χ3v) is 9.18. The summed E-state index contributed by atoms with van der Waals surface area (Å²) in [5.41, 5.74) is 8.39. The molecule has 0 bridgehead atoms. The molecule has 15 heteroatoms. The number of nitrogens with two attached hydrogens (primary N) is 1. The number of carbonyl (C=O) groups excluding carboxylic acids is 2. The molecule has 226 valence electrons. The van der Waals surface area contributed by atoms with Gasteiger partial charge in [-0.2, -0.15) is 23.0 Å². The van der Waals surface area contributed by atoms with Crippen LogP contribution in [-0.4, -0.2) is 88.5 Å². The van der Waals surface area contributed by atoms with E-state index in [1.54, 1.807) is 0 Å². The highest BCUT2D eigenvalue weighted by atomic mass is 32.2. The molecule has 1 amide bonds. The summed E-state index contributed by atoms with van der Waals surface area (Å²) >= 11 is 2.13. The van der Waals surface area contributed by atoms with Crippen molar-refractivity contribution < 1.29 is 31.9 Å². The van der Waals surface area contributed by atoms with Crippen LogP contribution in [0.5, 0.6) is 0 Å². The number of hydrogen-bond donors (Lipinski definition) is 1. The Morgan fingerprint density at radius 1 is 1.12 bits per heavy atom. The lowest BCUT2D eigenvalue weighted by molar-refractivity contribution is -0.194. The molecule has 9 nitrogen and oxygen atoms in total. The van der Waals surface area contributed by atoms with E-state index in [0.717, 1.165) is 38.9 Å². The standard InChI is InChI=1S/C27H30F4N6O3S2/c28-23-24(19-5-6-36(12-20(19)27(29,30)31)22(38)13-35-7-9-40-10-8-35)34-37(25(39)21-15-41-16-33-21)26(23)42-14-18-3-1-17(11-32)2-4-18/h1-4,15-16,19-20H,5-14,32H2. The molecule has 0 aliphatic carbocycles. The van der Waals surface area contributed by atoms with Gasteiger partial charge in [0.15, 0.2) is 5.82 Å². The van der Waals surface area contributed by atoms with E-state index in [9.17, 15) is 22.8 Å². The minimum absolute atomic E-state index is 0.00319. The number of thioether (sulfide) groups is 1. The number of thiazole rings is 1. The van der Waals surface area contributed by atoms with Gasteiger partial charge >= 0.3 is 6.18 Å². The monoisotopic (exact) mass is 626 g/mol. The number of piperidine rings is 1. The number of hydrogen-bond acceptors (Lipinski definition) is 9. The molecule has 2 N–H and O–H groups in total. The number of halogens is 4. The van der Waals surface area contributed by atoms with Crippen molar-refractivity contribution in [1.29, 1.82) is 0 Å². The molecule has 2 saturated heterocycles. The first-order chi connectivity index (χ1) is 20.2. The van der Waals surface area contributed by atoms with Crippen LogP contribution in [0, 0.1) is 11.7 Å². The summed E-state index contributed by atoms with van der Waals surface area (Å²) in [6.45, 7) is 1.73. The molecule has 42 heavy (non-hydrogen) atoms. The zero-order valence-corrected chi connectivity index (χ0v) is 24.2. The highest BCUT2D eigenvalue weighted by Crippen LogP contribution is 2.44. The van der Waals surface area contributed by atoms with Crippen molar-refractivity contribution in [3.05, 3.63) is 63.5 Å². The highest BCUT2D eigenvalue weighted by molar-refractivity contribution is 7.98. The Labute approximate surface area is 248 Å². The zero-order valence-electron chi connectivity index (χ0n) is 22.6. The van der Waals surface area contributed by atoms with Gasteiger partial charge in [-0.3, -0.25) is 14.5 Å². The van der Waals surface area contributed by atoms with Gasteiger partial charge in [-0.25, -0.2) is 9.37 Å². The summed E-state index contributed by atoms with van der Waals surface area (Å²) in [6.07, 6.45) is -4.88. The second-order valence-electron chi connectivity index (χ2n) is 10.2. The number of aromatic nitrogens is 3. The summed E-state index contributed by atoms with van der Waals surface area (Å²) < 4.78 is 65.4. The van der Waals surface area contributed by atoms with Crippen LogP contribution >= 0.6 is 23.1 Å². The average molecular weight is 627 g/mol. The Kier molecular flexibility index (Phi) is 9.62. The minimum Gasteiger partial charge on any atom is -0.379 e. The predicted molar refractivity (Wildman–Crippen MR) is 149 cm³/mol. The number of likely N-dealkylation sites (tertiary alicyclic amines) is 1. The lowest BCUT2D eigenvalue weighted by Gasteiger charge is -2.39. The first-order valence-corrected chi connectivity index (χ1v) is 15.3. The molecular weight excluding hydrogens is 596 g/mol. The second-order valence-corrected chi connectivity index (χ2v) is 11.9. The Bertz CT molecular complexity index is 1380. The third kappa shape index (κ3) is 6.86. The van der Waals surface area contributed by atoms with Gasteiger partial charge in [-0.1, -0.05) is 36.0 Å². The van der Waals surface area contributed by atoms with Crippen LogP contribution < -0.4 is 5.73 Å². The van der Waals surface area contributed by atoms with Crippen molar-refractivity contribution in [3.8, 4) is 0 Å². The molecule has 0 radical (unpaired) electrons. The van der Waals surface area contributed by atoms with Gasteiger partial charge in [-0.05, 0) is 17.5 Å². The van der Waals surface area contributed by atoms with Crippen molar-refractivity contribution in [1.82, 2.24) is 24.6 Å². The first kappa shape index (κ1) is 30.6. The molecule has 2 aliphatic rings. The van der Waals surface area contributed by atoms with Crippen LogP contribution in [0.1, 0.15) is 39.6 Å². The van der Waals surface area contributed by atoms with Crippen LogP contribution in [0.2, 0.25) is 0 Å². The SMILES string of the molecule is NCc1ccc(CSc2c(F)c(C3CCN(C(=O)CN4CCOCC4)CC3C(F)(F)F)nn2C(=O)c2cscn2)cc1. The molecule has 0 saturated carbocycles. The van der Waals surface area contributed by atoms with E-state index >= 15 is 4.39 Å². The molecule has 2 unspecified atom stereocenters. The maximum absolute atomic E-state index is 16.1. The molecule has 3 aromatic rings. The number of morpholine rings is 1. The number of rotatable bonds is 8. The van der Waals surface area contributed by atoms with Gasteiger partial charge in [-0.15, -0.1) is 11.3 Å². The van der Waals surface area contributed by atoms with Gasteiger partial charge < -0.3 is 15.4 Å². The quantitative estimate of drug-likeness (QED) is 0.298. The highest BCUT2D eigenvalue weighted by Gasteiger charge is 2.50. The Hall–Kier alpha value is -2.85.